The Bertz CT molecular complexity index is 581. The SMILES string of the molecule is Cc1n[nH]c(C)c1S(=O)(=O)NCc1cscn1. The number of nitrogens with one attached hydrogen (secondary N) is 2. The van der Waals surface area contributed by atoms with Crippen molar-refractivity contribution in [3.05, 3.63) is 28.0 Å². The van der Waals surface area contributed by atoms with Gasteiger partial charge in [0.1, 0.15) is 4.90 Å². The summed E-state index contributed by atoms with van der Waals surface area (Å²) in [6.45, 7) is 3.52. The zero-order chi connectivity index (χ0) is 12.5. The van der Waals surface area contributed by atoms with Crippen LogP contribution >= 0.6 is 11.3 Å². The minimum atomic E-state index is -3.53. The van der Waals surface area contributed by atoms with Crippen LogP contribution in [0.1, 0.15) is 17.1 Å². The normalized spacial score (nSPS) is 11.9. The Morgan fingerprint density at radius 1 is 1.47 bits per heavy atom. The average molecular weight is 272 g/mol. The number of hydrogen-bond donors (Lipinski definition) is 2. The molecule has 0 saturated carbocycles. The van der Waals surface area contributed by atoms with Crippen molar-refractivity contribution in [1.29, 1.82) is 0 Å². The first-order valence-corrected chi connectivity index (χ1v) is 7.31. The van der Waals surface area contributed by atoms with Crippen molar-refractivity contribution >= 4 is 21.4 Å². The van der Waals surface area contributed by atoms with Gasteiger partial charge in [-0.25, -0.2) is 18.1 Å². The Labute approximate surface area is 103 Å². The van der Waals surface area contributed by atoms with E-state index >= 15 is 0 Å². The van der Waals surface area contributed by atoms with Crippen molar-refractivity contribution in [2.45, 2.75) is 25.3 Å². The molecule has 0 fully saturated rings. The lowest BCUT2D eigenvalue weighted by Crippen LogP contribution is -2.24. The molecule has 2 aromatic heterocycles. The maximum Gasteiger partial charge on any atom is 0.244 e. The highest BCUT2D eigenvalue weighted by atomic mass is 32.2. The Kier molecular flexibility index (Phi) is 3.27. The van der Waals surface area contributed by atoms with Crippen molar-refractivity contribution in [3.63, 3.8) is 0 Å². The fourth-order valence-corrected chi connectivity index (χ4v) is 3.43. The van der Waals surface area contributed by atoms with Crippen molar-refractivity contribution in [3.8, 4) is 0 Å². The number of nitrogens with zero attached hydrogens (tertiary/aromatic N) is 2. The number of rotatable bonds is 4. The first kappa shape index (κ1) is 12.2. The van der Waals surface area contributed by atoms with Crippen LogP contribution in [0.5, 0.6) is 0 Å². The van der Waals surface area contributed by atoms with Gasteiger partial charge in [-0.3, -0.25) is 5.10 Å². The number of thiazole rings is 1. The van der Waals surface area contributed by atoms with Crippen LogP contribution < -0.4 is 4.72 Å². The summed E-state index contributed by atoms with van der Waals surface area (Å²) in [5.74, 6) is 0. The van der Waals surface area contributed by atoms with E-state index in [0.717, 1.165) is 0 Å². The second-order valence-corrected chi connectivity index (χ2v) is 5.99. The topological polar surface area (TPSA) is 87.7 Å². The molecular weight excluding hydrogens is 260 g/mol. The Morgan fingerprint density at radius 2 is 2.24 bits per heavy atom. The molecule has 0 radical (unpaired) electrons. The van der Waals surface area contributed by atoms with Gasteiger partial charge in [0.05, 0.1) is 29.1 Å². The van der Waals surface area contributed by atoms with Crippen LogP contribution in [-0.2, 0) is 16.6 Å². The van der Waals surface area contributed by atoms with Crippen LogP contribution in [-0.4, -0.2) is 23.6 Å². The molecule has 2 aromatic rings. The van der Waals surface area contributed by atoms with Crippen LogP contribution in [0.15, 0.2) is 15.8 Å². The van der Waals surface area contributed by atoms with E-state index in [2.05, 4.69) is 19.9 Å². The third-order valence-electron chi connectivity index (χ3n) is 2.26. The molecule has 2 heterocycles. The van der Waals surface area contributed by atoms with E-state index < -0.39 is 10.0 Å². The summed E-state index contributed by atoms with van der Waals surface area (Å²) in [5, 5.41) is 8.33. The molecule has 0 bridgehead atoms. The third kappa shape index (κ3) is 2.54. The number of sulfonamides is 1. The minimum Gasteiger partial charge on any atom is -0.281 e. The first-order valence-electron chi connectivity index (χ1n) is 4.89. The molecule has 8 heteroatoms. The fraction of sp³-hybridized carbons (Fsp3) is 0.333. The quantitative estimate of drug-likeness (QED) is 0.867. The lowest BCUT2D eigenvalue weighted by atomic mass is 10.4. The molecule has 0 unspecified atom stereocenters. The summed E-state index contributed by atoms with van der Waals surface area (Å²) < 4.78 is 26.6. The van der Waals surface area contributed by atoms with Crippen LogP contribution in [0.25, 0.3) is 0 Å². The molecule has 0 saturated heterocycles. The first-order chi connectivity index (χ1) is 8.00. The van der Waals surface area contributed by atoms with Gasteiger partial charge in [-0.15, -0.1) is 11.3 Å². The van der Waals surface area contributed by atoms with Gasteiger partial charge >= 0.3 is 0 Å². The highest BCUT2D eigenvalue weighted by Crippen LogP contribution is 2.16. The van der Waals surface area contributed by atoms with E-state index in [-0.39, 0.29) is 11.4 Å². The lowest BCUT2D eigenvalue weighted by Gasteiger charge is -2.05. The van der Waals surface area contributed by atoms with Gasteiger partial charge < -0.3 is 0 Å². The van der Waals surface area contributed by atoms with Gasteiger partial charge in [-0.05, 0) is 13.8 Å². The molecule has 0 spiro atoms. The van der Waals surface area contributed by atoms with E-state index in [0.29, 0.717) is 17.1 Å². The molecule has 0 aliphatic heterocycles. The van der Waals surface area contributed by atoms with E-state index in [9.17, 15) is 8.42 Å². The summed E-state index contributed by atoms with van der Waals surface area (Å²) in [6.07, 6.45) is 0. The lowest BCUT2D eigenvalue weighted by molar-refractivity contribution is 0.579. The van der Waals surface area contributed by atoms with Crippen molar-refractivity contribution in [2.24, 2.45) is 0 Å². The van der Waals surface area contributed by atoms with Crippen molar-refractivity contribution in [2.75, 3.05) is 0 Å². The monoisotopic (exact) mass is 272 g/mol. The summed E-state index contributed by atoms with van der Waals surface area (Å²) in [6, 6.07) is 0. The highest BCUT2D eigenvalue weighted by Gasteiger charge is 2.21. The molecule has 17 heavy (non-hydrogen) atoms. The standard InChI is InChI=1S/C9H12N4O2S2/c1-6-9(7(2)13-12-6)17(14,15)11-3-8-4-16-5-10-8/h4-5,11H,3H2,1-2H3,(H,12,13). The Morgan fingerprint density at radius 3 is 2.76 bits per heavy atom. The maximum absolute atomic E-state index is 12.0. The number of H-pyrrole nitrogens is 1. The smallest absolute Gasteiger partial charge is 0.244 e. The molecular formula is C9H12N4O2S2. The number of aromatic nitrogens is 3. The maximum atomic E-state index is 12.0. The van der Waals surface area contributed by atoms with Gasteiger partial charge in [-0.1, -0.05) is 0 Å². The molecule has 0 aliphatic rings. The second-order valence-electron chi connectivity index (χ2n) is 3.57. The van der Waals surface area contributed by atoms with E-state index in [1.54, 1.807) is 24.7 Å². The Hall–Kier alpha value is -1.25. The van der Waals surface area contributed by atoms with Crippen LogP contribution in [0.2, 0.25) is 0 Å². The van der Waals surface area contributed by atoms with E-state index in [1.165, 1.54) is 11.3 Å². The van der Waals surface area contributed by atoms with Crippen LogP contribution in [0.4, 0.5) is 0 Å². The summed E-state index contributed by atoms with van der Waals surface area (Å²) in [5.41, 5.74) is 3.37. The van der Waals surface area contributed by atoms with Crippen molar-refractivity contribution in [1.82, 2.24) is 19.9 Å². The van der Waals surface area contributed by atoms with Gasteiger partial charge in [0, 0.05) is 5.38 Å². The summed E-state index contributed by atoms with van der Waals surface area (Å²) in [7, 11) is -3.53. The molecule has 0 atom stereocenters. The van der Waals surface area contributed by atoms with Crippen LogP contribution in [0.3, 0.4) is 0 Å². The molecule has 0 amide bonds. The number of aryl methyl sites for hydroxylation is 2. The summed E-state index contributed by atoms with van der Waals surface area (Å²) >= 11 is 1.43. The number of hydrogen-bond acceptors (Lipinski definition) is 5. The largest absolute Gasteiger partial charge is 0.281 e. The second kappa shape index (κ2) is 4.55. The summed E-state index contributed by atoms with van der Waals surface area (Å²) in [4.78, 5) is 4.23. The molecule has 2 rings (SSSR count). The highest BCUT2D eigenvalue weighted by molar-refractivity contribution is 7.89. The molecule has 92 valence electrons. The Balaban J connectivity index is 2.20. The third-order valence-corrected chi connectivity index (χ3v) is 4.55. The zero-order valence-electron chi connectivity index (χ0n) is 9.39. The van der Waals surface area contributed by atoms with Crippen LogP contribution in [0, 0.1) is 13.8 Å². The zero-order valence-corrected chi connectivity index (χ0v) is 11.0. The molecule has 0 aliphatic carbocycles. The van der Waals surface area contributed by atoms with E-state index in [4.69, 9.17) is 0 Å². The van der Waals surface area contributed by atoms with Gasteiger partial charge in [-0.2, -0.15) is 5.10 Å². The number of aromatic amines is 1. The molecule has 2 N–H and O–H groups in total. The predicted molar refractivity (Wildman–Crippen MR) is 64.2 cm³/mol. The molecule has 6 nitrogen and oxygen atoms in total. The average Bonchev–Trinajstić information content (AvgIpc) is 2.86. The minimum absolute atomic E-state index is 0.190. The van der Waals surface area contributed by atoms with Gasteiger partial charge in [0.25, 0.3) is 0 Å². The van der Waals surface area contributed by atoms with Crippen molar-refractivity contribution < 1.29 is 8.42 Å². The van der Waals surface area contributed by atoms with E-state index in [1.807, 2.05) is 0 Å². The predicted octanol–water partition coefficient (Wildman–Crippen LogP) is 0.962. The van der Waals surface area contributed by atoms with Gasteiger partial charge in [0.2, 0.25) is 10.0 Å². The fourth-order valence-electron chi connectivity index (χ4n) is 1.50. The van der Waals surface area contributed by atoms with Gasteiger partial charge in [0.15, 0.2) is 0 Å². The molecule has 0 aromatic carbocycles.